The number of hydrogen-bond acceptors (Lipinski definition) is 3. The average molecular weight is 373 g/mol. The van der Waals surface area contributed by atoms with Crippen LogP contribution in [0.3, 0.4) is 0 Å². The molecule has 6 heteroatoms. The van der Waals surface area contributed by atoms with Gasteiger partial charge in [0.2, 0.25) is 5.91 Å². The lowest BCUT2D eigenvalue weighted by Gasteiger charge is -2.38. The monoisotopic (exact) mass is 373 g/mol. The van der Waals surface area contributed by atoms with E-state index in [-0.39, 0.29) is 23.6 Å². The fraction of sp³-hybridized carbons (Fsp3) is 0.381. The second kappa shape index (κ2) is 8.95. The molecule has 1 heterocycles. The third kappa shape index (κ3) is 5.04. The predicted molar refractivity (Wildman–Crippen MR) is 103 cm³/mol. The second-order valence-corrected chi connectivity index (χ2v) is 6.82. The molecule has 3 rings (SSSR count). The first-order chi connectivity index (χ1) is 13.0. The van der Waals surface area contributed by atoms with Gasteiger partial charge in [0.25, 0.3) is 0 Å². The first-order valence-corrected chi connectivity index (χ1v) is 9.30. The normalized spacial score (nSPS) is 16.2. The van der Waals surface area contributed by atoms with E-state index in [0.29, 0.717) is 44.8 Å². The molecular formula is C21H25F2N3O. The zero-order valence-electron chi connectivity index (χ0n) is 15.5. The highest BCUT2D eigenvalue weighted by atomic mass is 19.1. The molecule has 1 aliphatic heterocycles. The van der Waals surface area contributed by atoms with Gasteiger partial charge < -0.3 is 10.2 Å². The Hall–Kier alpha value is -2.47. The van der Waals surface area contributed by atoms with Crippen molar-refractivity contribution in [1.82, 2.24) is 10.2 Å². The van der Waals surface area contributed by atoms with Crippen molar-refractivity contribution in [2.24, 2.45) is 0 Å². The zero-order valence-corrected chi connectivity index (χ0v) is 15.5. The molecule has 0 spiro atoms. The van der Waals surface area contributed by atoms with Gasteiger partial charge in [-0.1, -0.05) is 24.3 Å². The summed E-state index contributed by atoms with van der Waals surface area (Å²) in [7, 11) is 0. The Morgan fingerprint density at radius 3 is 2.37 bits per heavy atom. The Morgan fingerprint density at radius 1 is 1.04 bits per heavy atom. The van der Waals surface area contributed by atoms with Gasteiger partial charge in [0.15, 0.2) is 0 Å². The van der Waals surface area contributed by atoms with Crippen LogP contribution in [0.2, 0.25) is 0 Å². The maximum atomic E-state index is 13.9. The molecule has 0 aliphatic carbocycles. The van der Waals surface area contributed by atoms with Crippen LogP contribution in [0.4, 0.5) is 14.5 Å². The van der Waals surface area contributed by atoms with Crippen LogP contribution in [0, 0.1) is 11.6 Å². The fourth-order valence-electron chi connectivity index (χ4n) is 3.35. The number of halogens is 2. The number of hydrogen-bond donors (Lipinski definition) is 1. The van der Waals surface area contributed by atoms with E-state index in [1.165, 1.54) is 18.2 Å². The summed E-state index contributed by atoms with van der Waals surface area (Å²) >= 11 is 0. The van der Waals surface area contributed by atoms with E-state index in [4.69, 9.17) is 0 Å². The molecule has 1 saturated heterocycles. The highest BCUT2D eigenvalue weighted by Gasteiger charge is 2.26. The smallest absolute Gasteiger partial charge is 0.237 e. The van der Waals surface area contributed by atoms with Gasteiger partial charge in [-0.2, -0.15) is 0 Å². The molecule has 0 aromatic heterocycles. The standard InChI is InChI=1S/C21H25F2N3O/c1-16(21(27)24-11-10-17-6-8-18(22)9-7-17)25-12-14-26(15-13-25)20-5-3-2-4-19(20)23/h2-9,16H,10-15H2,1H3,(H,24,27). The van der Waals surface area contributed by atoms with E-state index in [0.717, 1.165) is 5.56 Å². The number of para-hydroxylation sites is 1. The lowest BCUT2D eigenvalue weighted by atomic mass is 10.1. The summed E-state index contributed by atoms with van der Waals surface area (Å²) in [5, 5.41) is 2.95. The van der Waals surface area contributed by atoms with E-state index >= 15 is 0 Å². The molecule has 0 saturated carbocycles. The Morgan fingerprint density at radius 2 is 1.70 bits per heavy atom. The van der Waals surface area contributed by atoms with Gasteiger partial charge in [0.1, 0.15) is 11.6 Å². The zero-order chi connectivity index (χ0) is 19.2. The Bertz CT molecular complexity index is 758. The summed E-state index contributed by atoms with van der Waals surface area (Å²) < 4.78 is 26.8. The van der Waals surface area contributed by atoms with Gasteiger partial charge in [-0.3, -0.25) is 9.69 Å². The molecule has 2 aromatic carbocycles. The van der Waals surface area contributed by atoms with Crippen molar-refractivity contribution in [2.45, 2.75) is 19.4 Å². The van der Waals surface area contributed by atoms with E-state index in [9.17, 15) is 13.6 Å². The van der Waals surface area contributed by atoms with Gasteiger partial charge in [-0.15, -0.1) is 0 Å². The topological polar surface area (TPSA) is 35.6 Å². The van der Waals surface area contributed by atoms with Crippen LogP contribution in [0.1, 0.15) is 12.5 Å². The summed E-state index contributed by atoms with van der Waals surface area (Å²) in [4.78, 5) is 16.5. The van der Waals surface area contributed by atoms with E-state index in [1.54, 1.807) is 24.3 Å². The lowest BCUT2D eigenvalue weighted by molar-refractivity contribution is -0.125. The van der Waals surface area contributed by atoms with Crippen LogP contribution >= 0.6 is 0 Å². The molecule has 1 fully saturated rings. The number of piperazine rings is 1. The van der Waals surface area contributed by atoms with Crippen molar-refractivity contribution < 1.29 is 13.6 Å². The van der Waals surface area contributed by atoms with E-state index in [2.05, 4.69) is 10.2 Å². The van der Waals surface area contributed by atoms with Crippen LogP contribution in [-0.2, 0) is 11.2 Å². The number of anilines is 1. The molecular weight excluding hydrogens is 348 g/mol. The molecule has 1 atom stereocenters. The summed E-state index contributed by atoms with van der Waals surface area (Å²) in [6.07, 6.45) is 0.666. The summed E-state index contributed by atoms with van der Waals surface area (Å²) in [5.41, 5.74) is 1.61. The minimum atomic E-state index is -0.258. The van der Waals surface area contributed by atoms with E-state index < -0.39 is 0 Å². The molecule has 1 amide bonds. The van der Waals surface area contributed by atoms with Gasteiger partial charge in [0.05, 0.1) is 11.7 Å². The van der Waals surface area contributed by atoms with Crippen molar-refractivity contribution in [1.29, 1.82) is 0 Å². The quantitative estimate of drug-likeness (QED) is 0.846. The number of carbonyl (C=O) groups excluding carboxylic acids is 1. The number of carbonyl (C=O) groups is 1. The van der Waals surface area contributed by atoms with Crippen molar-refractivity contribution in [3.63, 3.8) is 0 Å². The van der Waals surface area contributed by atoms with Crippen LogP contribution in [0.5, 0.6) is 0 Å². The summed E-state index contributed by atoms with van der Waals surface area (Å²) in [5.74, 6) is -0.486. The van der Waals surface area contributed by atoms with Crippen LogP contribution in [0.25, 0.3) is 0 Å². The second-order valence-electron chi connectivity index (χ2n) is 6.82. The summed E-state index contributed by atoms with van der Waals surface area (Å²) in [6.45, 7) is 5.21. The Labute approximate surface area is 158 Å². The number of benzene rings is 2. The molecule has 0 bridgehead atoms. The maximum absolute atomic E-state index is 13.9. The van der Waals surface area contributed by atoms with Gasteiger partial charge in [0, 0.05) is 32.7 Å². The average Bonchev–Trinajstić information content (AvgIpc) is 2.69. The summed E-state index contributed by atoms with van der Waals surface area (Å²) in [6, 6.07) is 12.9. The first-order valence-electron chi connectivity index (χ1n) is 9.30. The molecule has 0 radical (unpaired) electrons. The molecule has 27 heavy (non-hydrogen) atoms. The van der Waals surface area contributed by atoms with Crippen molar-refractivity contribution in [3.8, 4) is 0 Å². The van der Waals surface area contributed by atoms with Crippen LogP contribution < -0.4 is 10.2 Å². The fourth-order valence-corrected chi connectivity index (χ4v) is 3.35. The van der Waals surface area contributed by atoms with Crippen LogP contribution in [0.15, 0.2) is 48.5 Å². The molecule has 1 N–H and O–H groups in total. The Balaban J connectivity index is 1.44. The lowest BCUT2D eigenvalue weighted by Crippen LogP contribution is -2.54. The number of rotatable bonds is 6. The highest BCUT2D eigenvalue weighted by Crippen LogP contribution is 2.20. The SMILES string of the molecule is CC(C(=O)NCCc1ccc(F)cc1)N1CCN(c2ccccc2F)CC1. The third-order valence-electron chi connectivity index (χ3n) is 5.06. The van der Waals surface area contributed by atoms with Gasteiger partial charge in [-0.05, 0) is 43.2 Å². The molecule has 1 unspecified atom stereocenters. The number of nitrogens with zero attached hydrogens (tertiary/aromatic N) is 2. The number of nitrogens with one attached hydrogen (secondary N) is 1. The number of amides is 1. The molecule has 144 valence electrons. The molecule has 2 aromatic rings. The largest absolute Gasteiger partial charge is 0.367 e. The Kier molecular flexibility index (Phi) is 6.40. The van der Waals surface area contributed by atoms with Crippen LogP contribution in [-0.4, -0.2) is 49.6 Å². The molecule has 1 aliphatic rings. The highest BCUT2D eigenvalue weighted by molar-refractivity contribution is 5.81. The maximum Gasteiger partial charge on any atom is 0.237 e. The van der Waals surface area contributed by atoms with Crippen molar-refractivity contribution >= 4 is 11.6 Å². The molecule has 4 nitrogen and oxygen atoms in total. The van der Waals surface area contributed by atoms with E-state index in [1.807, 2.05) is 17.9 Å². The van der Waals surface area contributed by atoms with Gasteiger partial charge >= 0.3 is 0 Å². The predicted octanol–water partition coefficient (Wildman–Crippen LogP) is 2.83. The minimum absolute atomic E-state index is 0.0172. The minimum Gasteiger partial charge on any atom is -0.367 e. The third-order valence-corrected chi connectivity index (χ3v) is 5.06. The van der Waals surface area contributed by atoms with Gasteiger partial charge in [-0.25, -0.2) is 8.78 Å². The van der Waals surface area contributed by atoms with Crippen molar-refractivity contribution in [3.05, 3.63) is 65.7 Å². The van der Waals surface area contributed by atoms with Crippen molar-refractivity contribution in [2.75, 3.05) is 37.6 Å². The first kappa shape index (κ1) is 19.3.